The molecule has 1 aromatic rings. The fourth-order valence-electron chi connectivity index (χ4n) is 2.85. The molecule has 1 fully saturated rings. The Kier molecular flexibility index (Phi) is 4.69. The van der Waals surface area contributed by atoms with E-state index in [1.165, 1.54) is 6.42 Å². The topological polar surface area (TPSA) is 47.3 Å². The van der Waals surface area contributed by atoms with Crippen LogP contribution in [-0.4, -0.2) is 33.7 Å². The number of aryl methyl sites for hydroxylation is 2. The van der Waals surface area contributed by atoms with Gasteiger partial charge in [0.15, 0.2) is 0 Å². The highest BCUT2D eigenvalue weighted by molar-refractivity contribution is 9.10. The van der Waals surface area contributed by atoms with E-state index in [0.717, 1.165) is 35.2 Å². The summed E-state index contributed by atoms with van der Waals surface area (Å²) in [5.41, 5.74) is 1.98. The van der Waals surface area contributed by atoms with Crippen molar-refractivity contribution >= 4 is 15.9 Å². The van der Waals surface area contributed by atoms with Gasteiger partial charge in [-0.25, -0.2) is 0 Å². The van der Waals surface area contributed by atoms with Gasteiger partial charge in [-0.2, -0.15) is 5.10 Å². The van der Waals surface area contributed by atoms with Crippen molar-refractivity contribution in [1.82, 2.24) is 9.78 Å². The number of aliphatic hydroxyl groups is 1. The molecule has 1 aliphatic carbocycles. The van der Waals surface area contributed by atoms with Gasteiger partial charge in [0.05, 0.1) is 27.6 Å². The van der Waals surface area contributed by atoms with Crippen LogP contribution in [0.5, 0.6) is 0 Å². The molecule has 0 saturated heterocycles. The van der Waals surface area contributed by atoms with Gasteiger partial charge < -0.3 is 9.84 Å². The Bertz CT molecular complexity index is 435. The molecule has 1 unspecified atom stereocenters. The van der Waals surface area contributed by atoms with E-state index < -0.39 is 0 Å². The molecule has 108 valence electrons. The Labute approximate surface area is 123 Å². The van der Waals surface area contributed by atoms with Crippen LogP contribution in [0.4, 0.5) is 0 Å². The van der Waals surface area contributed by atoms with Crippen LogP contribution in [-0.2, 0) is 17.7 Å². The van der Waals surface area contributed by atoms with E-state index in [0.29, 0.717) is 12.8 Å². The summed E-state index contributed by atoms with van der Waals surface area (Å²) < 4.78 is 8.56. The average molecular weight is 331 g/mol. The molecule has 1 aliphatic rings. The van der Waals surface area contributed by atoms with Gasteiger partial charge >= 0.3 is 0 Å². The van der Waals surface area contributed by atoms with Crippen molar-refractivity contribution in [2.75, 3.05) is 7.11 Å². The molecule has 1 atom stereocenters. The van der Waals surface area contributed by atoms with Crippen molar-refractivity contribution in [1.29, 1.82) is 0 Å². The molecule has 0 bridgehead atoms. The molecule has 0 aliphatic heterocycles. The molecule has 19 heavy (non-hydrogen) atoms. The molecular formula is C14H23BrN2O2. The van der Waals surface area contributed by atoms with Crippen LogP contribution in [0.2, 0.25) is 0 Å². The van der Waals surface area contributed by atoms with Crippen molar-refractivity contribution in [3.63, 3.8) is 0 Å². The third kappa shape index (κ3) is 3.03. The van der Waals surface area contributed by atoms with Crippen molar-refractivity contribution in [3.8, 4) is 0 Å². The third-order valence-corrected chi connectivity index (χ3v) is 5.22. The van der Waals surface area contributed by atoms with Crippen LogP contribution in [0.3, 0.4) is 0 Å². The highest BCUT2D eigenvalue weighted by atomic mass is 79.9. The number of halogens is 1. The molecule has 0 spiro atoms. The molecule has 0 amide bonds. The number of hydrogen-bond acceptors (Lipinski definition) is 3. The van der Waals surface area contributed by atoms with Gasteiger partial charge in [0, 0.05) is 26.5 Å². The zero-order chi connectivity index (χ0) is 14.0. The highest BCUT2D eigenvalue weighted by Gasteiger charge is 2.39. The molecular weight excluding hydrogens is 308 g/mol. The van der Waals surface area contributed by atoms with E-state index in [9.17, 15) is 5.11 Å². The summed E-state index contributed by atoms with van der Waals surface area (Å²) in [6.07, 6.45) is 4.29. The minimum atomic E-state index is -0.377. The van der Waals surface area contributed by atoms with Crippen molar-refractivity contribution < 1.29 is 9.84 Å². The second-order valence-electron chi connectivity index (χ2n) is 5.46. The van der Waals surface area contributed by atoms with E-state index in [4.69, 9.17) is 4.74 Å². The first kappa shape index (κ1) is 15.0. The lowest BCUT2D eigenvalue weighted by Gasteiger charge is -2.41. The van der Waals surface area contributed by atoms with Crippen molar-refractivity contribution in [3.05, 3.63) is 15.9 Å². The number of aromatic nitrogens is 2. The lowest BCUT2D eigenvalue weighted by atomic mass is 9.75. The minimum absolute atomic E-state index is 0.0853. The van der Waals surface area contributed by atoms with Gasteiger partial charge in [0.1, 0.15) is 0 Å². The Morgan fingerprint density at radius 3 is 2.68 bits per heavy atom. The van der Waals surface area contributed by atoms with Gasteiger partial charge in [-0.15, -0.1) is 0 Å². The lowest BCUT2D eigenvalue weighted by molar-refractivity contribution is -0.0991. The number of methoxy groups -OCH3 is 1. The normalized spacial score (nSPS) is 19.2. The number of ether oxygens (including phenoxy) is 1. The third-order valence-electron chi connectivity index (χ3n) is 4.19. The van der Waals surface area contributed by atoms with Crippen LogP contribution in [0, 0.1) is 6.92 Å². The second kappa shape index (κ2) is 5.94. The summed E-state index contributed by atoms with van der Waals surface area (Å²) in [6.45, 7) is 4.87. The Morgan fingerprint density at radius 1 is 1.53 bits per heavy atom. The number of aliphatic hydroxyl groups excluding tert-OH is 1. The zero-order valence-electron chi connectivity index (χ0n) is 11.9. The number of nitrogens with zero attached hydrogens (tertiary/aromatic N) is 2. The maximum Gasteiger partial charge on any atom is 0.0738 e. The van der Waals surface area contributed by atoms with Crippen LogP contribution in [0.25, 0.3) is 0 Å². The average Bonchev–Trinajstić information content (AvgIpc) is 2.61. The summed E-state index contributed by atoms with van der Waals surface area (Å²) in [5, 5.41) is 14.8. The molecule has 2 rings (SSSR count). The summed E-state index contributed by atoms with van der Waals surface area (Å²) >= 11 is 3.57. The lowest BCUT2D eigenvalue weighted by Crippen LogP contribution is -2.42. The van der Waals surface area contributed by atoms with E-state index in [2.05, 4.69) is 28.0 Å². The van der Waals surface area contributed by atoms with Crippen molar-refractivity contribution in [2.45, 2.75) is 64.2 Å². The van der Waals surface area contributed by atoms with Gasteiger partial charge in [-0.05, 0) is 49.0 Å². The predicted molar refractivity (Wildman–Crippen MR) is 78.3 cm³/mol. The largest absolute Gasteiger partial charge is 0.393 e. The van der Waals surface area contributed by atoms with E-state index in [1.54, 1.807) is 7.11 Å². The van der Waals surface area contributed by atoms with Crippen molar-refractivity contribution in [2.24, 2.45) is 0 Å². The van der Waals surface area contributed by atoms with Gasteiger partial charge in [-0.3, -0.25) is 4.68 Å². The maximum absolute atomic E-state index is 10.3. The molecule has 1 heterocycles. The van der Waals surface area contributed by atoms with Gasteiger partial charge in [0.25, 0.3) is 0 Å². The summed E-state index contributed by atoms with van der Waals surface area (Å²) in [5.74, 6) is 0. The first-order valence-corrected chi connectivity index (χ1v) is 7.75. The minimum Gasteiger partial charge on any atom is -0.393 e. The first-order chi connectivity index (χ1) is 9.01. The highest BCUT2D eigenvalue weighted by Crippen LogP contribution is 2.39. The second-order valence-corrected chi connectivity index (χ2v) is 6.26. The zero-order valence-corrected chi connectivity index (χ0v) is 13.5. The fraction of sp³-hybridized carbons (Fsp3) is 0.786. The number of rotatable bonds is 6. The van der Waals surface area contributed by atoms with Gasteiger partial charge in [0.2, 0.25) is 0 Å². The standard InChI is InChI=1S/C14H23BrN2O2/c1-4-17-12(13(15)10(2)16-17)8-11(18)9-14(19-3)6-5-7-14/h11,18H,4-9H2,1-3H3. The molecule has 0 radical (unpaired) electrons. The van der Waals surface area contributed by atoms with Gasteiger partial charge in [-0.1, -0.05) is 0 Å². The Balaban J connectivity index is 2.04. The van der Waals surface area contributed by atoms with E-state index in [1.807, 2.05) is 11.6 Å². The number of hydrogen-bond donors (Lipinski definition) is 1. The smallest absolute Gasteiger partial charge is 0.0738 e. The first-order valence-electron chi connectivity index (χ1n) is 6.96. The maximum atomic E-state index is 10.3. The monoisotopic (exact) mass is 330 g/mol. The Hall–Kier alpha value is -0.390. The summed E-state index contributed by atoms with van der Waals surface area (Å²) in [6, 6.07) is 0. The SMILES string of the molecule is CCn1nc(C)c(Br)c1CC(O)CC1(OC)CCC1. The molecule has 0 aromatic carbocycles. The Morgan fingerprint density at radius 2 is 2.21 bits per heavy atom. The van der Waals surface area contributed by atoms with E-state index >= 15 is 0 Å². The van der Waals surface area contributed by atoms with Crippen LogP contribution >= 0.6 is 15.9 Å². The molecule has 4 nitrogen and oxygen atoms in total. The molecule has 1 saturated carbocycles. The molecule has 5 heteroatoms. The fourth-order valence-corrected chi connectivity index (χ4v) is 3.30. The van der Waals surface area contributed by atoms with E-state index in [-0.39, 0.29) is 11.7 Å². The molecule has 1 aromatic heterocycles. The van der Waals surface area contributed by atoms with Crippen LogP contribution in [0.15, 0.2) is 4.47 Å². The predicted octanol–water partition coefficient (Wildman–Crippen LogP) is 2.84. The quantitative estimate of drug-likeness (QED) is 0.872. The molecule has 1 N–H and O–H groups in total. The summed E-state index contributed by atoms with van der Waals surface area (Å²) in [4.78, 5) is 0. The van der Waals surface area contributed by atoms with Crippen LogP contribution in [0.1, 0.15) is 44.0 Å². The van der Waals surface area contributed by atoms with Crippen LogP contribution < -0.4 is 0 Å². The summed E-state index contributed by atoms with van der Waals surface area (Å²) in [7, 11) is 1.75.